The number of aryl methyl sites for hydroxylation is 1. The Morgan fingerprint density at radius 1 is 1.23 bits per heavy atom. The van der Waals surface area contributed by atoms with Crippen molar-refractivity contribution in [2.75, 3.05) is 7.05 Å². The molecule has 0 saturated carbocycles. The molecule has 0 saturated heterocycles. The van der Waals surface area contributed by atoms with Crippen molar-refractivity contribution in [2.24, 2.45) is 0 Å². The molecule has 6 heteroatoms. The molecule has 0 aliphatic rings. The van der Waals surface area contributed by atoms with Gasteiger partial charge in [0, 0.05) is 6.54 Å². The van der Waals surface area contributed by atoms with Gasteiger partial charge in [-0.15, -0.1) is 5.10 Å². The largest absolute Gasteiger partial charge is 0.459 e. The first-order valence-electron chi connectivity index (χ1n) is 6.98. The molecule has 0 atom stereocenters. The van der Waals surface area contributed by atoms with Crippen LogP contribution in [-0.4, -0.2) is 21.7 Å². The zero-order chi connectivity index (χ0) is 15.5. The number of hydrogen-bond donors (Lipinski definition) is 0. The molecule has 0 spiro atoms. The highest BCUT2D eigenvalue weighted by Crippen LogP contribution is 2.18. The van der Waals surface area contributed by atoms with Crippen molar-refractivity contribution in [2.45, 2.75) is 20.1 Å². The number of furan rings is 1. The number of benzene rings is 1. The second-order valence-corrected chi connectivity index (χ2v) is 5.58. The zero-order valence-corrected chi connectivity index (χ0v) is 13.3. The molecule has 0 unspecified atom stereocenters. The van der Waals surface area contributed by atoms with E-state index in [4.69, 9.17) is 21.1 Å². The summed E-state index contributed by atoms with van der Waals surface area (Å²) >= 11 is 5.22. The van der Waals surface area contributed by atoms with Crippen LogP contribution >= 0.6 is 12.2 Å². The van der Waals surface area contributed by atoms with Gasteiger partial charge in [0.15, 0.2) is 5.76 Å². The summed E-state index contributed by atoms with van der Waals surface area (Å²) < 4.78 is 12.4. The molecule has 0 aliphatic carbocycles. The van der Waals surface area contributed by atoms with Gasteiger partial charge in [-0.2, -0.15) is 0 Å². The fraction of sp³-hybridized carbons (Fsp3) is 0.250. The number of nitrogens with zero attached hydrogens (tertiary/aromatic N) is 3. The molecule has 0 N–H and O–H groups in total. The molecule has 0 amide bonds. The minimum atomic E-state index is 0.336. The Morgan fingerprint density at radius 2 is 2.05 bits per heavy atom. The van der Waals surface area contributed by atoms with Crippen LogP contribution in [-0.2, 0) is 13.2 Å². The van der Waals surface area contributed by atoms with Crippen LogP contribution in [0.4, 0.5) is 0 Å². The Hall–Kier alpha value is -2.18. The average Bonchev–Trinajstić information content (AvgIpc) is 3.12. The number of hydrogen-bond acceptors (Lipinski definition) is 5. The first-order chi connectivity index (χ1) is 10.6. The van der Waals surface area contributed by atoms with Gasteiger partial charge in [0.05, 0.1) is 12.9 Å². The lowest BCUT2D eigenvalue weighted by Crippen LogP contribution is -2.22. The average molecular weight is 315 g/mol. The normalized spacial score (nSPS) is 11.2. The van der Waals surface area contributed by atoms with Crippen molar-refractivity contribution >= 4 is 12.2 Å². The van der Waals surface area contributed by atoms with Crippen molar-refractivity contribution in [3.05, 3.63) is 58.6 Å². The van der Waals surface area contributed by atoms with Crippen molar-refractivity contribution in [3.8, 4) is 11.7 Å². The standard InChI is InChI=1S/C16H17N3O2S/c1-12-6-3-4-7-13(12)10-18(2)11-19-16(22)21-15(17-19)14-8-5-9-20-14/h3-9H,10-11H2,1-2H3. The SMILES string of the molecule is Cc1ccccc1CN(C)Cn1nc(-c2ccco2)oc1=S. The van der Waals surface area contributed by atoms with Gasteiger partial charge in [0.2, 0.25) is 0 Å². The smallest absolute Gasteiger partial charge is 0.288 e. The van der Waals surface area contributed by atoms with Crippen LogP contribution in [0.25, 0.3) is 11.7 Å². The van der Waals surface area contributed by atoms with Crippen molar-refractivity contribution in [3.63, 3.8) is 0 Å². The topological polar surface area (TPSA) is 47.3 Å². The van der Waals surface area contributed by atoms with E-state index in [9.17, 15) is 0 Å². The lowest BCUT2D eigenvalue weighted by molar-refractivity contribution is 0.240. The van der Waals surface area contributed by atoms with E-state index in [-0.39, 0.29) is 0 Å². The Kier molecular flexibility index (Phi) is 4.22. The molecule has 1 aromatic carbocycles. The molecule has 3 aromatic rings. The monoisotopic (exact) mass is 315 g/mol. The molecule has 0 fully saturated rings. The van der Waals surface area contributed by atoms with E-state index in [1.165, 1.54) is 11.1 Å². The summed E-state index contributed by atoms with van der Waals surface area (Å²) in [5.41, 5.74) is 2.56. The molecule has 114 valence electrons. The van der Waals surface area contributed by atoms with Crippen molar-refractivity contribution in [1.82, 2.24) is 14.7 Å². The summed E-state index contributed by atoms with van der Waals surface area (Å²) in [5, 5.41) is 4.37. The summed E-state index contributed by atoms with van der Waals surface area (Å²) in [6.07, 6.45) is 1.58. The van der Waals surface area contributed by atoms with Crippen LogP contribution in [0.3, 0.4) is 0 Å². The van der Waals surface area contributed by atoms with Crippen LogP contribution in [0, 0.1) is 11.8 Å². The van der Waals surface area contributed by atoms with E-state index in [2.05, 4.69) is 29.1 Å². The van der Waals surface area contributed by atoms with Gasteiger partial charge >= 0.3 is 0 Å². The van der Waals surface area contributed by atoms with Crippen molar-refractivity contribution in [1.29, 1.82) is 0 Å². The van der Waals surface area contributed by atoms with Gasteiger partial charge in [-0.3, -0.25) is 4.90 Å². The third-order valence-electron chi connectivity index (χ3n) is 3.42. The first-order valence-corrected chi connectivity index (χ1v) is 7.39. The Morgan fingerprint density at radius 3 is 2.77 bits per heavy atom. The van der Waals surface area contributed by atoms with Crippen LogP contribution in [0.2, 0.25) is 0 Å². The van der Waals surface area contributed by atoms with E-state index < -0.39 is 0 Å². The minimum Gasteiger partial charge on any atom is -0.459 e. The lowest BCUT2D eigenvalue weighted by atomic mass is 10.1. The second kappa shape index (κ2) is 6.29. The predicted molar refractivity (Wildman–Crippen MR) is 85.7 cm³/mol. The van der Waals surface area contributed by atoms with Gasteiger partial charge < -0.3 is 8.83 Å². The summed E-state index contributed by atoms with van der Waals surface area (Å²) in [7, 11) is 2.02. The highest BCUT2D eigenvalue weighted by atomic mass is 32.1. The number of rotatable bonds is 5. The van der Waals surface area contributed by atoms with Crippen LogP contribution in [0.1, 0.15) is 11.1 Å². The second-order valence-electron chi connectivity index (χ2n) is 5.23. The van der Waals surface area contributed by atoms with Crippen LogP contribution < -0.4 is 0 Å². The number of aromatic nitrogens is 2. The quantitative estimate of drug-likeness (QED) is 0.669. The highest BCUT2D eigenvalue weighted by Gasteiger charge is 2.12. The summed E-state index contributed by atoms with van der Waals surface area (Å²) in [6.45, 7) is 3.48. The third kappa shape index (κ3) is 3.18. The van der Waals surface area contributed by atoms with Gasteiger partial charge in [-0.1, -0.05) is 24.3 Å². The molecule has 2 heterocycles. The summed E-state index contributed by atoms with van der Waals surface area (Å²) in [6, 6.07) is 11.9. The van der Waals surface area contributed by atoms with Gasteiger partial charge in [-0.05, 0) is 49.4 Å². The van der Waals surface area contributed by atoms with E-state index in [1.54, 1.807) is 23.1 Å². The van der Waals surface area contributed by atoms with E-state index >= 15 is 0 Å². The fourth-order valence-electron chi connectivity index (χ4n) is 2.25. The Balaban J connectivity index is 1.73. The molecular weight excluding hydrogens is 298 g/mol. The van der Waals surface area contributed by atoms with E-state index in [0.29, 0.717) is 23.2 Å². The first kappa shape index (κ1) is 14.7. The molecule has 22 heavy (non-hydrogen) atoms. The van der Waals surface area contributed by atoms with Crippen molar-refractivity contribution < 1.29 is 8.83 Å². The fourth-order valence-corrected chi connectivity index (χ4v) is 2.43. The zero-order valence-electron chi connectivity index (χ0n) is 12.5. The maximum Gasteiger partial charge on any atom is 0.288 e. The molecule has 3 rings (SSSR count). The highest BCUT2D eigenvalue weighted by molar-refractivity contribution is 7.71. The molecule has 0 bridgehead atoms. The summed E-state index contributed by atoms with van der Waals surface area (Å²) in [5.74, 6) is 0.977. The molecule has 2 aromatic heterocycles. The molecular formula is C16H17N3O2S. The van der Waals surface area contributed by atoms with E-state index in [0.717, 1.165) is 6.54 Å². The Labute approximate surface area is 133 Å². The summed E-state index contributed by atoms with van der Waals surface area (Å²) in [4.78, 5) is 2.47. The van der Waals surface area contributed by atoms with Gasteiger partial charge in [0.25, 0.3) is 10.7 Å². The maximum absolute atomic E-state index is 5.48. The van der Waals surface area contributed by atoms with Crippen LogP contribution in [0.15, 0.2) is 51.5 Å². The third-order valence-corrected chi connectivity index (χ3v) is 3.71. The molecule has 0 radical (unpaired) electrons. The van der Waals surface area contributed by atoms with Gasteiger partial charge in [0.1, 0.15) is 0 Å². The minimum absolute atomic E-state index is 0.336. The van der Waals surface area contributed by atoms with Crippen LogP contribution in [0.5, 0.6) is 0 Å². The van der Waals surface area contributed by atoms with E-state index in [1.807, 2.05) is 19.2 Å². The molecule has 5 nitrogen and oxygen atoms in total. The molecule has 0 aliphatic heterocycles. The maximum atomic E-state index is 5.48. The Bertz CT molecular complexity index is 805. The predicted octanol–water partition coefficient (Wildman–Crippen LogP) is 3.86. The van der Waals surface area contributed by atoms with Gasteiger partial charge in [-0.25, -0.2) is 4.68 Å². The lowest BCUT2D eigenvalue weighted by Gasteiger charge is -2.17.